The van der Waals surface area contributed by atoms with Crippen molar-refractivity contribution in [2.75, 3.05) is 50.8 Å². The number of nitrogens with zero attached hydrogens (tertiary/aromatic N) is 3. The fraction of sp³-hybridized carbons (Fsp3) is 0.519. The average Bonchev–Trinajstić information content (AvgIpc) is 3.40. The predicted molar refractivity (Wildman–Crippen MR) is 145 cm³/mol. The molecule has 2 aliphatic heterocycles. The number of amides is 1. The second-order valence-corrected chi connectivity index (χ2v) is 12.6. The first-order valence-electron chi connectivity index (χ1n) is 13.3. The van der Waals surface area contributed by atoms with E-state index in [-0.39, 0.29) is 43.6 Å². The van der Waals surface area contributed by atoms with Gasteiger partial charge in [-0.2, -0.15) is 34.8 Å². The fourth-order valence-electron chi connectivity index (χ4n) is 4.94. The smallest absolute Gasteiger partial charge is 0.426 e. The first kappa shape index (κ1) is 33.1. The topological polar surface area (TPSA) is 79.4 Å². The summed E-state index contributed by atoms with van der Waals surface area (Å²) >= 11 is 6.27. The lowest BCUT2D eigenvalue weighted by atomic mass is 10.1. The Labute approximate surface area is 250 Å². The van der Waals surface area contributed by atoms with Crippen LogP contribution in [0.1, 0.15) is 17.5 Å². The summed E-state index contributed by atoms with van der Waals surface area (Å²) in [6, 6.07) is 11.7. The SMILES string of the molecule is Cc1ccc(S(=O)(=O)OC[C@H]2CCN(c3cc(Cl)ccc3CN3CCN(C(=O)OC(C(F)(F)F)C(F)(F)F)CC3)C2)cc1. The molecule has 238 valence electrons. The normalized spacial score (nSPS) is 18.9. The van der Waals surface area contributed by atoms with Crippen molar-refractivity contribution in [3.05, 3.63) is 58.6 Å². The molecule has 0 bridgehead atoms. The van der Waals surface area contributed by atoms with Gasteiger partial charge < -0.3 is 14.5 Å². The largest absolute Gasteiger partial charge is 0.434 e. The van der Waals surface area contributed by atoms with Crippen molar-refractivity contribution in [2.45, 2.75) is 43.2 Å². The Morgan fingerprint density at radius 2 is 1.60 bits per heavy atom. The van der Waals surface area contributed by atoms with Gasteiger partial charge in [-0.25, -0.2) is 4.79 Å². The first-order valence-corrected chi connectivity index (χ1v) is 15.1. The number of rotatable bonds is 8. The number of alkyl halides is 6. The number of halogens is 7. The van der Waals surface area contributed by atoms with Crippen LogP contribution < -0.4 is 4.90 Å². The number of piperazine rings is 1. The molecular weight excluding hydrogens is 628 g/mol. The first-order chi connectivity index (χ1) is 20.0. The molecular formula is C27H30ClF6N3O5S. The van der Waals surface area contributed by atoms with E-state index in [0.29, 0.717) is 31.1 Å². The van der Waals surface area contributed by atoms with E-state index >= 15 is 0 Å². The zero-order valence-corrected chi connectivity index (χ0v) is 24.6. The number of aryl methyl sites for hydroxylation is 1. The summed E-state index contributed by atoms with van der Waals surface area (Å²) in [5.74, 6) is -0.0705. The van der Waals surface area contributed by atoms with Crippen LogP contribution in [0.5, 0.6) is 0 Å². The molecule has 2 aromatic rings. The van der Waals surface area contributed by atoms with Crippen LogP contribution in [0.4, 0.5) is 36.8 Å². The average molecular weight is 658 g/mol. The van der Waals surface area contributed by atoms with E-state index in [4.69, 9.17) is 15.8 Å². The van der Waals surface area contributed by atoms with E-state index in [9.17, 15) is 39.6 Å². The van der Waals surface area contributed by atoms with Gasteiger partial charge in [0.2, 0.25) is 0 Å². The van der Waals surface area contributed by atoms with Crippen molar-refractivity contribution in [3.8, 4) is 0 Å². The summed E-state index contributed by atoms with van der Waals surface area (Å²) in [6.45, 7) is 3.49. The molecule has 8 nitrogen and oxygen atoms in total. The number of anilines is 1. The Morgan fingerprint density at radius 1 is 0.977 bits per heavy atom. The highest BCUT2D eigenvalue weighted by Crippen LogP contribution is 2.36. The van der Waals surface area contributed by atoms with Gasteiger partial charge in [-0.3, -0.25) is 9.08 Å². The molecule has 43 heavy (non-hydrogen) atoms. The molecule has 0 spiro atoms. The van der Waals surface area contributed by atoms with Crippen LogP contribution in [-0.4, -0.2) is 88.6 Å². The second kappa shape index (κ2) is 13.1. The van der Waals surface area contributed by atoms with E-state index in [1.54, 1.807) is 24.3 Å². The van der Waals surface area contributed by atoms with Crippen LogP contribution >= 0.6 is 11.6 Å². The van der Waals surface area contributed by atoms with Crippen molar-refractivity contribution in [3.63, 3.8) is 0 Å². The lowest BCUT2D eigenvalue weighted by Gasteiger charge is -2.36. The van der Waals surface area contributed by atoms with Crippen LogP contribution in [0.2, 0.25) is 5.02 Å². The number of ether oxygens (including phenoxy) is 1. The standard InChI is InChI=1S/C27H30ClF6N3O5S/c1-18-2-6-22(7-3-18)43(39,40)41-17-19-8-9-37(15-19)23-14-21(28)5-4-20(23)16-35-10-12-36(13-11-35)25(38)42-24(26(29,30)31)27(32,33)34/h2-7,14,19,24H,8-13,15-17H2,1H3/t19-/m0/s1. The van der Waals surface area contributed by atoms with Gasteiger partial charge in [0, 0.05) is 62.4 Å². The zero-order chi connectivity index (χ0) is 31.6. The van der Waals surface area contributed by atoms with Crippen molar-refractivity contribution in [2.24, 2.45) is 5.92 Å². The van der Waals surface area contributed by atoms with Gasteiger partial charge in [0.25, 0.3) is 16.2 Å². The Balaban J connectivity index is 1.33. The third-order valence-electron chi connectivity index (χ3n) is 7.28. The Morgan fingerprint density at radius 3 is 2.21 bits per heavy atom. The molecule has 0 N–H and O–H groups in total. The molecule has 2 aliphatic rings. The summed E-state index contributed by atoms with van der Waals surface area (Å²) in [5.41, 5.74) is 2.60. The monoisotopic (exact) mass is 657 g/mol. The lowest BCUT2D eigenvalue weighted by molar-refractivity contribution is -0.308. The number of carbonyl (C=O) groups is 1. The lowest BCUT2D eigenvalue weighted by Crippen LogP contribution is -2.52. The van der Waals surface area contributed by atoms with E-state index in [2.05, 4.69) is 9.64 Å². The minimum absolute atomic E-state index is 0.00417. The van der Waals surface area contributed by atoms with Crippen LogP contribution in [0.3, 0.4) is 0 Å². The van der Waals surface area contributed by atoms with Crippen molar-refractivity contribution in [1.82, 2.24) is 9.80 Å². The van der Waals surface area contributed by atoms with Crippen molar-refractivity contribution < 1.29 is 48.5 Å². The number of carbonyl (C=O) groups excluding carboxylic acids is 1. The highest BCUT2D eigenvalue weighted by molar-refractivity contribution is 7.86. The van der Waals surface area contributed by atoms with E-state index < -0.39 is 34.7 Å². The van der Waals surface area contributed by atoms with Crippen LogP contribution in [-0.2, 0) is 25.6 Å². The molecule has 0 aromatic heterocycles. The Hall–Kier alpha value is -2.75. The van der Waals surface area contributed by atoms with Crippen LogP contribution in [0, 0.1) is 12.8 Å². The molecule has 16 heteroatoms. The van der Waals surface area contributed by atoms with Gasteiger partial charge in [0.15, 0.2) is 0 Å². The Kier molecular flexibility index (Phi) is 10.1. The quantitative estimate of drug-likeness (QED) is 0.269. The molecule has 0 radical (unpaired) electrons. The maximum atomic E-state index is 12.8. The molecule has 2 aromatic carbocycles. The third-order valence-corrected chi connectivity index (χ3v) is 8.81. The molecule has 4 rings (SSSR count). The third kappa shape index (κ3) is 8.67. The number of benzene rings is 2. The van der Waals surface area contributed by atoms with Gasteiger partial charge in [-0.05, 0) is 43.2 Å². The molecule has 2 saturated heterocycles. The Bertz CT molecular complexity index is 1370. The number of hydrogen-bond acceptors (Lipinski definition) is 7. The van der Waals surface area contributed by atoms with Crippen molar-refractivity contribution in [1.29, 1.82) is 0 Å². The van der Waals surface area contributed by atoms with Gasteiger partial charge in [-0.1, -0.05) is 35.4 Å². The predicted octanol–water partition coefficient (Wildman–Crippen LogP) is 5.63. The van der Waals surface area contributed by atoms with Crippen molar-refractivity contribution >= 4 is 33.5 Å². The van der Waals surface area contributed by atoms with Gasteiger partial charge in [0.05, 0.1) is 11.5 Å². The minimum atomic E-state index is -5.78. The molecule has 0 unspecified atom stereocenters. The highest BCUT2D eigenvalue weighted by Gasteiger charge is 2.60. The van der Waals surface area contributed by atoms with Gasteiger partial charge >= 0.3 is 18.4 Å². The molecule has 1 amide bonds. The summed E-state index contributed by atoms with van der Waals surface area (Å²) in [5, 5.41) is 0.483. The van der Waals surface area contributed by atoms with Crippen LogP contribution in [0.15, 0.2) is 47.4 Å². The maximum Gasteiger partial charge on any atom is 0.434 e. The van der Waals surface area contributed by atoms with E-state index in [1.807, 2.05) is 17.9 Å². The van der Waals surface area contributed by atoms with E-state index in [1.165, 1.54) is 12.1 Å². The number of hydrogen-bond donors (Lipinski definition) is 0. The summed E-state index contributed by atoms with van der Waals surface area (Å²) < 4.78 is 111. The van der Waals surface area contributed by atoms with E-state index in [0.717, 1.165) is 21.7 Å². The second-order valence-electron chi connectivity index (χ2n) is 10.5. The maximum absolute atomic E-state index is 12.8. The summed E-state index contributed by atoms with van der Waals surface area (Å²) in [6.07, 6.45) is -16.8. The molecule has 0 saturated carbocycles. The fourth-order valence-corrected chi connectivity index (χ4v) is 6.08. The molecule has 0 aliphatic carbocycles. The molecule has 2 heterocycles. The molecule has 2 fully saturated rings. The zero-order valence-electron chi connectivity index (χ0n) is 23.0. The van der Waals surface area contributed by atoms with Gasteiger partial charge in [-0.15, -0.1) is 0 Å². The van der Waals surface area contributed by atoms with Gasteiger partial charge in [0.1, 0.15) is 0 Å². The van der Waals surface area contributed by atoms with Crippen LogP contribution in [0.25, 0.3) is 0 Å². The summed E-state index contributed by atoms with van der Waals surface area (Å²) in [4.78, 5) is 17.0. The molecule has 1 atom stereocenters. The highest BCUT2D eigenvalue weighted by atomic mass is 35.5. The minimum Gasteiger partial charge on any atom is -0.426 e. The summed E-state index contributed by atoms with van der Waals surface area (Å²) in [7, 11) is -3.91.